The smallest absolute Gasteiger partial charge is 0.0762 e. The van der Waals surface area contributed by atoms with E-state index in [0.717, 1.165) is 31.7 Å². The average Bonchev–Trinajstić information content (AvgIpc) is 2.77. The third-order valence-electron chi connectivity index (χ3n) is 2.58. The Balaban J connectivity index is 2.06. The SMILES string of the molecule is NCC1(Cc2csnn2)CCOC1. The topological polar surface area (TPSA) is 61.0 Å². The summed E-state index contributed by atoms with van der Waals surface area (Å²) >= 11 is 1.39. The van der Waals surface area contributed by atoms with Crippen LogP contribution in [0, 0.1) is 5.41 Å². The molecule has 2 N–H and O–H groups in total. The van der Waals surface area contributed by atoms with Crippen LogP contribution in [0.4, 0.5) is 0 Å². The number of hydrogen-bond acceptors (Lipinski definition) is 5. The Morgan fingerprint density at radius 3 is 3.15 bits per heavy atom. The van der Waals surface area contributed by atoms with Gasteiger partial charge in [-0.05, 0) is 18.0 Å². The van der Waals surface area contributed by atoms with Gasteiger partial charge in [-0.25, -0.2) is 0 Å². The molecule has 5 heteroatoms. The van der Waals surface area contributed by atoms with Crippen molar-refractivity contribution in [2.75, 3.05) is 19.8 Å². The largest absolute Gasteiger partial charge is 0.381 e. The number of nitrogens with zero attached hydrogens (tertiary/aromatic N) is 2. The van der Waals surface area contributed by atoms with Gasteiger partial charge in [-0.3, -0.25) is 0 Å². The predicted octanol–water partition coefficient (Wildman–Crippen LogP) is 0.446. The molecule has 0 aliphatic carbocycles. The Morgan fingerprint density at radius 1 is 1.69 bits per heavy atom. The lowest BCUT2D eigenvalue weighted by atomic mass is 9.83. The van der Waals surface area contributed by atoms with E-state index >= 15 is 0 Å². The molecule has 1 aliphatic rings. The Morgan fingerprint density at radius 2 is 2.62 bits per heavy atom. The lowest BCUT2D eigenvalue weighted by Crippen LogP contribution is -2.33. The van der Waals surface area contributed by atoms with E-state index in [2.05, 4.69) is 9.59 Å². The van der Waals surface area contributed by atoms with Gasteiger partial charge in [0.25, 0.3) is 0 Å². The molecule has 1 aromatic rings. The van der Waals surface area contributed by atoms with Crippen molar-refractivity contribution in [3.63, 3.8) is 0 Å². The molecule has 4 nitrogen and oxygen atoms in total. The minimum Gasteiger partial charge on any atom is -0.381 e. The van der Waals surface area contributed by atoms with Gasteiger partial charge < -0.3 is 10.5 Å². The minimum absolute atomic E-state index is 0.121. The third-order valence-corrected chi connectivity index (χ3v) is 3.13. The van der Waals surface area contributed by atoms with E-state index in [9.17, 15) is 0 Å². The van der Waals surface area contributed by atoms with Gasteiger partial charge in [0.15, 0.2) is 0 Å². The maximum Gasteiger partial charge on any atom is 0.0762 e. The lowest BCUT2D eigenvalue weighted by Gasteiger charge is -2.23. The highest BCUT2D eigenvalue weighted by molar-refractivity contribution is 7.03. The zero-order valence-corrected chi connectivity index (χ0v) is 8.22. The van der Waals surface area contributed by atoms with Crippen molar-refractivity contribution < 1.29 is 4.74 Å². The molecular formula is C8H13N3OS. The first-order valence-electron chi connectivity index (χ1n) is 4.38. The summed E-state index contributed by atoms with van der Waals surface area (Å²) in [6.45, 7) is 2.26. The Kier molecular flexibility index (Phi) is 2.57. The number of hydrogen-bond donors (Lipinski definition) is 1. The van der Waals surface area contributed by atoms with E-state index in [1.807, 2.05) is 5.38 Å². The normalized spacial score (nSPS) is 28.1. The molecule has 1 unspecified atom stereocenters. The molecule has 0 amide bonds. The maximum atomic E-state index is 5.76. The van der Waals surface area contributed by atoms with Crippen LogP contribution in [0.5, 0.6) is 0 Å². The molecule has 0 saturated carbocycles. The van der Waals surface area contributed by atoms with E-state index in [1.165, 1.54) is 11.5 Å². The number of nitrogens with two attached hydrogens (primary N) is 1. The van der Waals surface area contributed by atoms with E-state index in [-0.39, 0.29) is 5.41 Å². The van der Waals surface area contributed by atoms with Crippen LogP contribution in [0.2, 0.25) is 0 Å². The Labute approximate surface area is 81.3 Å². The van der Waals surface area contributed by atoms with Gasteiger partial charge in [0.2, 0.25) is 0 Å². The first kappa shape index (κ1) is 9.05. The second kappa shape index (κ2) is 3.69. The van der Waals surface area contributed by atoms with Crippen LogP contribution in [-0.2, 0) is 11.2 Å². The predicted molar refractivity (Wildman–Crippen MR) is 50.5 cm³/mol. The van der Waals surface area contributed by atoms with E-state index in [4.69, 9.17) is 10.5 Å². The second-order valence-electron chi connectivity index (χ2n) is 3.58. The van der Waals surface area contributed by atoms with Crippen LogP contribution in [-0.4, -0.2) is 29.3 Å². The van der Waals surface area contributed by atoms with Gasteiger partial charge in [0.05, 0.1) is 12.3 Å². The van der Waals surface area contributed by atoms with Crippen molar-refractivity contribution in [1.82, 2.24) is 9.59 Å². The minimum atomic E-state index is 0.121. The number of rotatable bonds is 3. The fourth-order valence-corrected chi connectivity index (χ4v) is 2.12. The molecule has 13 heavy (non-hydrogen) atoms. The molecule has 0 bridgehead atoms. The maximum absolute atomic E-state index is 5.76. The van der Waals surface area contributed by atoms with Crippen LogP contribution in [0.3, 0.4) is 0 Å². The summed E-state index contributed by atoms with van der Waals surface area (Å²) in [5.74, 6) is 0. The molecule has 1 fully saturated rings. The second-order valence-corrected chi connectivity index (χ2v) is 4.19. The van der Waals surface area contributed by atoms with Gasteiger partial charge in [0.1, 0.15) is 0 Å². The fraction of sp³-hybridized carbons (Fsp3) is 0.750. The molecule has 0 aromatic carbocycles. The molecule has 2 heterocycles. The van der Waals surface area contributed by atoms with Crippen molar-refractivity contribution in [3.05, 3.63) is 11.1 Å². The molecule has 0 radical (unpaired) electrons. The van der Waals surface area contributed by atoms with Crippen LogP contribution in [0.25, 0.3) is 0 Å². The van der Waals surface area contributed by atoms with E-state index < -0.39 is 0 Å². The molecule has 1 aromatic heterocycles. The van der Waals surface area contributed by atoms with Crippen molar-refractivity contribution in [3.8, 4) is 0 Å². The molecule has 0 spiro atoms. The molecule has 1 atom stereocenters. The van der Waals surface area contributed by atoms with Crippen molar-refractivity contribution >= 4 is 11.5 Å². The summed E-state index contributed by atoms with van der Waals surface area (Å²) < 4.78 is 9.22. The summed E-state index contributed by atoms with van der Waals surface area (Å²) in [4.78, 5) is 0. The Hall–Kier alpha value is -0.520. The summed E-state index contributed by atoms with van der Waals surface area (Å²) in [6.07, 6.45) is 1.95. The molecule has 72 valence electrons. The highest BCUT2D eigenvalue weighted by atomic mass is 32.1. The van der Waals surface area contributed by atoms with Crippen molar-refractivity contribution in [2.24, 2.45) is 11.1 Å². The number of aromatic nitrogens is 2. The Bertz CT molecular complexity index is 256. The summed E-state index contributed by atoms with van der Waals surface area (Å²) in [6, 6.07) is 0. The van der Waals surface area contributed by atoms with Crippen molar-refractivity contribution in [2.45, 2.75) is 12.8 Å². The third kappa shape index (κ3) is 1.87. The monoisotopic (exact) mass is 199 g/mol. The molecular weight excluding hydrogens is 186 g/mol. The zero-order valence-electron chi connectivity index (χ0n) is 7.40. The molecule has 1 saturated heterocycles. The van der Waals surface area contributed by atoms with Gasteiger partial charge >= 0.3 is 0 Å². The standard InChI is InChI=1S/C8H13N3OS/c9-5-8(1-2-12-6-8)3-7-4-13-11-10-7/h4H,1-3,5-6,9H2. The van der Waals surface area contributed by atoms with Crippen LogP contribution in [0.15, 0.2) is 5.38 Å². The van der Waals surface area contributed by atoms with E-state index in [1.54, 1.807) is 0 Å². The molecule has 1 aliphatic heterocycles. The fourth-order valence-electron chi connectivity index (χ4n) is 1.67. The van der Waals surface area contributed by atoms with E-state index in [0.29, 0.717) is 6.54 Å². The molecule has 2 rings (SSSR count). The quantitative estimate of drug-likeness (QED) is 0.767. The zero-order chi connectivity index (χ0) is 9.15. The first-order chi connectivity index (χ1) is 6.35. The average molecular weight is 199 g/mol. The van der Waals surface area contributed by atoms with Crippen LogP contribution >= 0.6 is 11.5 Å². The number of ether oxygens (including phenoxy) is 1. The summed E-state index contributed by atoms with van der Waals surface area (Å²) in [5.41, 5.74) is 6.92. The van der Waals surface area contributed by atoms with Gasteiger partial charge in [-0.1, -0.05) is 4.49 Å². The van der Waals surface area contributed by atoms with Crippen LogP contribution in [0.1, 0.15) is 12.1 Å². The van der Waals surface area contributed by atoms with Gasteiger partial charge in [-0.15, -0.1) is 5.10 Å². The summed E-state index contributed by atoms with van der Waals surface area (Å²) in [7, 11) is 0. The van der Waals surface area contributed by atoms with Gasteiger partial charge in [-0.2, -0.15) is 0 Å². The van der Waals surface area contributed by atoms with Crippen molar-refractivity contribution in [1.29, 1.82) is 0 Å². The van der Waals surface area contributed by atoms with Crippen LogP contribution < -0.4 is 5.73 Å². The van der Waals surface area contributed by atoms with Gasteiger partial charge in [0, 0.05) is 30.4 Å². The summed E-state index contributed by atoms with van der Waals surface area (Å²) in [5, 5.41) is 6.01. The highest BCUT2D eigenvalue weighted by Crippen LogP contribution is 2.30. The first-order valence-corrected chi connectivity index (χ1v) is 5.22. The highest BCUT2D eigenvalue weighted by Gasteiger charge is 2.34. The lowest BCUT2D eigenvalue weighted by molar-refractivity contribution is 0.154.